The fourth-order valence-electron chi connectivity index (χ4n) is 3.15. The number of para-hydroxylation sites is 1. The molecule has 0 N–H and O–H groups in total. The minimum absolute atomic E-state index is 0.187. The Morgan fingerprint density at radius 2 is 1.62 bits per heavy atom. The Hall–Kier alpha value is -1.67. The zero-order valence-electron chi connectivity index (χ0n) is 13.6. The van der Waals surface area contributed by atoms with E-state index in [0.717, 1.165) is 11.0 Å². The summed E-state index contributed by atoms with van der Waals surface area (Å²) in [5, 5.41) is 4.19. The highest BCUT2D eigenvalue weighted by Gasteiger charge is 2.22. The molecule has 0 unspecified atom stereocenters. The first-order chi connectivity index (χ1) is 9.88. The van der Waals surface area contributed by atoms with Gasteiger partial charge >= 0.3 is 0 Å². The minimum atomic E-state index is -0.939. The summed E-state index contributed by atoms with van der Waals surface area (Å²) in [5.41, 5.74) is 3.91. The van der Waals surface area contributed by atoms with Gasteiger partial charge in [0.15, 0.2) is 0 Å². The Balaban J connectivity index is 2.44. The number of hydrogen-bond acceptors (Lipinski definition) is 1. The Kier molecular flexibility index (Phi) is 3.37. The maximum Gasteiger partial charge on any atom is 0.0709 e. The molecule has 3 rings (SSSR count). The molecule has 0 aliphatic carbocycles. The van der Waals surface area contributed by atoms with E-state index in [4.69, 9.17) is 4.98 Å². The third-order valence-electron chi connectivity index (χ3n) is 4.13. The van der Waals surface area contributed by atoms with Crippen molar-refractivity contribution < 1.29 is 0 Å². The topological polar surface area (TPSA) is 12.9 Å². The monoisotopic (exact) mass is 293 g/mol. The minimum Gasteiger partial charge on any atom is -0.248 e. The number of pyridine rings is 1. The summed E-state index contributed by atoms with van der Waals surface area (Å²) >= 11 is 0. The molecule has 0 aliphatic rings. The third kappa shape index (κ3) is 2.49. The van der Waals surface area contributed by atoms with Crippen molar-refractivity contribution >= 4 is 35.8 Å². The normalized spacial score (nSPS) is 12.5. The van der Waals surface area contributed by atoms with Crippen molar-refractivity contribution in [1.82, 2.24) is 4.98 Å². The van der Waals surface area contributed by atoms with Crippen LogP contribution in [-0.2, 0) is 5.41 Å². The zero-order valence-corrected chi connectivity index (χ0v) is 14.7. The van der Waals surface area contributed by atoms with Crippen LogP contribution in [0.5, 0.6) is 0 Å². The molecular formula is C19H23NSi. The lowest BCUT2D eigenvalue weighted by Crippen LogP contribution is -2.33. The molecule has 1 aromatic heterocycles. The van der Waals surface area contributed by atoms with Crippen molar-refractivity contribution in [2.45, 2.75) is 39.3 Å². The second-order valence-corrected chi connectivity index (χ2v) is 10.1. The van der Waals surface area contributed by atoms with E-state index in [1.807, 2.05) is 0 Å². The molecule has 0 bridgehead atoms. The first kappa shape index (κ1) is 14.3. The summed E-state index contributed by atoms with van der Waals surface area (Å²) in [5.74, 6) is 0. The van der Waals surface area contributed by atoms with Gasteiger partial charge in [-0.25, -0.2) is 4.98 Å². The van der Waals surface area contributed by atoms with Crippen molar-refractivity contribution in [3.8, 4) is 0 Å². The van der Waals surface area contributed by atoms with Crippen molar-refractivity contribution in [2.24, 2.45) is 0 Å². The van der Waals surface area contributed by atoms with Gasteiger partial charge in [0.05, 0.1) is 19.8 Å². The van der Waals surface area contributed by atoms with Gasteiger partial charge in [0.25, 0.3) is 0 Å². The molecule has 0 saturated heterocycles. The van der Waals surface area contributed by atoms with E-state index < -0.39 is 8.80 Å². The second-order valence-electron chi connectivity index (χ2n) is 7.18. The number of nitrogens with zero attached hydrogens (tertiary/aromatic N) is 1. The third-order valence-corrected chi connectivity index (χ3v) is 5.90. The molecule has 0 amide bonds. The summed E-state index contributed by atoms with van der Waals surface area (Å²) in [6.07, 6.45) is 0. The van der Waals surface area contributed by atoms with Crippen LogP contribution in [0.25, 0.3) is 21.8 Å². The average Bonchev–Trinajstić information content (AvgIpc) is 2.42. The predicted octanol–water partition coefficient (Wildman–Crippen LogP) is 4.38. The van der Waals surface area contributed by atoms with Crippen LogP contribution in [-0.4, -0.2) is 13.8 Å². The van der Waals surface area contributed by atoms with Crippen molar-refractivity contribution in [2.75, 3.05) is 0 Å². The van der Waals surface area contributed by atoms with Gasteiger partial charge in [-0.2, -0.15) is 0 Å². The fourth-order valence-corrected chi connectivity index (χ4v) is 5.15. The highest BCUT2D eigenvalue weighted by atomic mass is 28.3. The Morgan fingerprint density at radius 3 is 2.29 bits per heavy atom. The summed E-state index contributed by atoms with van der Waals surface area (Å²) in [7, 11) is -0.939. The summed E-state index contributed by atoms with van der Waals surface area (Å²) in [4.78, 5) is 4.87. The van der Waals surface area contributed by atoms with Gasteiger partial charge in [-0.05, 0) is 34.6 Å². The van der Waals surface area contributed by atoms with E-state index in [2.05, 4.69) is 76.3 Å². The highest BCUT2D eigenvalue weighted by Crippen LogP contribution is 2.26. The van der Waals surface area contributed by atoms with Gasteiger partial charge in [-0.15, -0.1) is 0 Å². The van der Waals surface area contributed by atoms with Crippen molar-refractivity contribution in [3.05, 3.63) is 48.0 Å². The van der Waals surface area contributed by atoms with Crippen LogP contribution in [0.3, 0.4) is 0 Å². The van der Waals surface area contributed by atoms with E-state index >= 15 is 0 Å². The zero-order chi connectivity index (χ0) is 15.2. The summed E-state index contributed by atoms with van der Waals surface area (Å²) in [6.45, 7) is 11.8. The van der Waals surface area contributed by atoms with Crippen LogP contribution >= 0.6 is 0 Å². The molecule has 0 saturated carbocycles. The smallest absolute Gasteiger partial charge is 0.0709 e. The molecule has 1 heterocycles. The number of aromatic nitrogens is 1. The van der Waals surface area contributed by atoms with Gasteiger partial charge in [0.2, 0.25) is 0 Å². The molecule has 0 atom stereocenters. The van der Waals surface area contributed by atoms with Gasteiger partial charge in [-0.3, -0.25) is 0 Å². The lowest BCUT2D eigenvalue weighted by Gasteiger charge is -2.26. The lowest BCUT2D eigenvalue weighted by molar-refractivity contribution is 0.594. The van der Waals surface area contributed by atoms with Gasteiger partial charge in [0, 0.05) is 5.39 Å². The highest BCUT2D eigenvalue weighted by molar-refractivity contribution is 6.73. The molecule has 0 fully saturated rings. The summed E-state index contributed by atoms with van der Waals surface area (Å²) in [6, 6.07) is 15.2. The lowest BCUT2D eigenvalue weighted by atomic mass is 9.86. The standard InChI is InChI=1S/C19H23NSi/c1-19(2,3)15-10-11-17-14(18(15)21(4)5)12-13-8-6-7-9-16(13)20-17/h6-12,21H,1-5H3. The van der Waals surface area contributed by atoms with E-state index in [9.17, 15) is 0 Å². The van der Waals surface area contributed by atoms with Crippen molar-refractivity contribution in [1.29, 1.82) is 0 Å². The predicted molar refractivity (Wildman–Crippen MR) is 96.5 cm³/mol. The molecule has 3 aromatic rings. The number of fused-ring (bicyclic) bond motifs is 2. The molecule has 0 spiro atoms. The van der Waals surface area contributed by atoms with E-state index in [0.29, 0.717) is 0 Å². The van der Waals surface area contributed by atoms with Crippen molar-refractivity contribution in [3.63, 3.8) is 0 Å². The van der Waals surface area contributed by atoms with Gasteiger partial charge < -0.3 is 0 Å². The quantitative estimate of drug-likeness (QED) is 0.479. The average molecular weight is 293 g/mol. The molecule has 2 aromatic carbocycles. The van der Waals surface area contributed by atoms with E-state index in [-0.39, 0.29) is 5.41 Å². The molecule has 108 valence electrons. The van der Waals surface area contributed by atoms with Crippen LogP contribution in [0.1, 0.15) is 26.3 Å². The first-order valence-corrected chi connectivity index (χ1v) is 10.6. The fraction of sp³-hybridized carbons (Fsp3) is 0.316. The van der Waals surface area contributed by atoms with Gasteiger partial charge in [-0.1, -0.05) is 63.3 Å². The number of benzene rings is 2. The SMILES string of the molecule is C[SiH](C)c1c(C(C)(C)C)ccc2nc3ccccc3cc12. The van der Waals surface area contributed by atoms with E-state index in [1.165, 1.54) is 16.3 Å². The molecular weight excluding hydrogens is 270 g/mol. The van der Waals surface area contributed by atoms with Crippen LogP contribution < -0.4 is 5.19 Å². The van der Waals surface area contributed by atoms with E-state index in [1.54, 1.807) is 5.19 Å². The van der Waals surface area contributed by atoms with Crippen LogP contribution in [0.15, 0.2) is 42.5 Å². The molecule has 1 nitrogen and oxygen atoms in total. The molecule has 21 heavy (non-hydrogen) atoms. The maximum atomic E-state index is 4.87. The molecule has 0 radical (unpaired) electrons. The Morgan fingerprint density at radius 1 is 0.905 bits per heavy atom. The Bertz CT molecular complexity index is 813. The molecule has 0 aliphatic heterocycles. The maximum absolute atomic E-state index is 4.87. The van der Waals surface area contributed by atoms with Crippen LogP contribution in [0.2, 0.25) is 13.1 Å². The van der Waals surface area contributed by atoms with Gasteiger partial charge in [0.1, 0.15) is 0 Å². The second kappa shape index (κ2) is 4.95. The first-order valence-electron chi connectivity index (χ1n) is 7.71. The summed E-state index contributed by atoms with van der Waals surface area (Å²) < 4.78 is 0. The number of hydrogen-bond donors (Lipinski definition) is 0. The van der Waals surface area contributed by atoms with Crippen LogP contribution in [0.4, 0.5) is 0 Å². The molecule has 2 heteroatoms. The largest absolute Gasteiger partial charge is 0.248 e. The number of rotatable bonds is 1. The van der Waals surface area contributed by atoms with Crippen LogP contribution in [0, 0.1) is 0 Å². The Labute approximate surface area is 128 Å².